The third-order valence-electron chi connectivity index (χ3n) is 3.33. The molecule has 0 saturated carbocycles. The lowest BCUT2D eigenvalue weighted by Gasteiger charge is -2.07. The summed E-state index contributed by atoms with van der Waals surface area (Å²) in [7, 11) is 0. The molecule has 0 fully saturated rings. The van der Waals surface area contributed by atoms with Gasteiger partial charge in [-0.15, -0.1) is 0 Å². The van der Waals surface area contributed by atoms with Gasteiger partial charge in [-0.25, -0.2) is 0 Å². The minimum Gasteiger partial charge on any atom is -0.494 e. The van der Waals surface area contributed by atoms with Crippen molar-refractivity contribution in [2.75, 3.05) is 6.61 Å². The Bertz CT molecular complexity index is 735. The SMILES string of the molecule is CCOc1cccc(-c2n[nH]c(C)c2-c2ccncc2)c1. The number of hydrogen-bond acceptors (Lipinski definition) is 3. The lowest BCUT2D eigenvalue weighted by molar-refractivity contribution is 0.340. The number of H-pyrrole nitrogens is 1. The van der Waals surface area contributed by atoms with Gasteiger partial charge in [-0.05, 0) is 43.7 Å². The molecule has 0 spiro atoms. The maximum Gasteiger partial charge on any atom is 0.119 e. The van der Waals surface area contributed by atoms with Crippen molar-refractivity contribution in [1.29, 1.82) is 0 Å². The molecule has 1 N–H and O–H groups in total. The van der Waals surface area contributed by atoms with Crippen LogP contribution in [-0.2, 0) is 0 Å². The molecular weight excluding hydrogens is 262 g/mol. The van der Waals surface area contributed by atoms with Gasteiger partial charge in [0.15, 0.2) is 0 Å². The zero-order chi connectivity index (χ0) is 14.7. The highest BCUT2D eigenvalue weighted by Crippen LogP contribution is 2.33. The van der Waals surface area contributed by atoms with Gasteiger partial charge in [0.1, 0.15) is 11.4 Å². The Kier molecular flexibility index (Phi) is 3.69. The van der Waals surface area contributed by atoms with Crippen molar-refractivity contribution < 1.29 is 4.74 Å². The molecule has 1 aromatic carbocycles. The second-order valence-electron chi connectivity index (χ2n) is 4.77. The van der Waals surface area contributed by atoms with E-state index >= 15 is 0 Å². The van der Waals surface area contributed by atoms with Gasteiger partial charge >= 0.3 is 0 Å². The van der Waals surface area contributed by atoms with Gasteiger partial charge in [-0.3, -0.25) is 10.1 Å². The summed E-state index contributed by atoms with van der Waals surface area (Å²) in [6, 6.07) is 12.0. The van der Waals surface area contributed by atoms with Gasteiger partial charge in [0.25, 0.3) is 0 Å². The number of nitrogens with one attached hydrogen (secondary N) is 1. The first-order valence-electron chi connectivity index (χ1n) is 6.98. The Morgan fingerprint density at radius 1 is 1.10 bits per heavy atom. The highest BCUT2D eigenvalue weighted by atomic mass is 16.5. The lowest BCUT2D eigenvalue weighted by Crippen LogP contribution is -1.91. The Morgan fingerprint density at radius 3 is 2.67 bits per heavy atom. The van der Waals surface area contributed by atoms with Crippen LogP contribution in [0.4, 0.5) is 0 Å². The number of benzene rings is 1. The summed E-state index contributed by atoms with van der Waals surface area (Å²) in [5.41, 5.74) is 5.22. The summed E-state index contributed by atoms with van der Waals surface area (Å²) in [5, 5.41) is 7.54. The molecule has 0 unspecified atom stereocenters. The number of ether oxygens (including phenoxy) is 1. The van der Waals surface area contributed by atoms with Crippen molar-refractivity contribution in [2.45, 2.75) is 13.8 Å². The van der Waals surface area contributed by atoms with Crippen LogP contribution in [0.15, 0.2) is 48.8 Å². The fourth-order valence-corrected chi connectivity index (χ4v) is 2.41. The Hall–Kier alpha value is -2.62. The summed E-state index contributed by atoms with van der Waals surface area (Å²) in [4.78, 5) is 4.08. The third kappa shape index (κ3) is 2.65. The molecule has 0 bridgehead atoms. The number of hydrogen-bond donors (Lipinski definition) is 1. The molecule has 2 aromatic heterocycles. The highest BCUT2D eigenvalue weighted by Gasteiger charge is 2.14. The fraction of sp³-hybridized carbons (Fsp3) is 0.176. The van der Waals surface area contributed by atoms with Gasteiger partial charge in [0.05, 0.1) is 6.61 Å². The molecule has 0 amide bonds. The van der Waals surface area contributed by atoms with E-state index in [1.54, 1.807) is 12.4 Å². The Morgan fingerprint density at radius 2 is 1.90 bits per heavy atom. The van der Waals surface area contributed by atoms with E-state index in [9.17, 15) is 0 Å². The van der Waals surface area contributed by atoms with E-state index in [0.717, 1.165) is 33.8 Å². The van der Waals surface area contributed by atoms with E-state index < -0.39 is 0 Å². The predicted molar refractivity (Wildman–Crippen MR) is 83.2 cm³/mol. The van der Waals surface area contributed by atoms with Crippen LogP contribution in [0.5, 0.6) is 5.75 Å². The molecule has 0 aliphatic carbocycles. The van der Waals surface area contributed by atoms with Crippen molar-refractivity contribution in [3.63, 3.8) is 0 Å². The van der Waals surface area contributed by atoms with Crippen LogP contribution in [0.25, 0.3) is 22.4 Å². The molecule has 106 valence electrons. The minimum absolute atomic E-state index is 0.653. The van der Waals surface area contributed by atoms with Crippen LogP contribution in [0.2, 0.25) is 0 Å². The first-order chi connectivity index (χ1) is 10.3. The van der Waals surface area contributed by atoms with Crippen molar-refractivity contribution in [2.24, 2.45) is 0 Å². The second kappa shape index (κ2) is 5.79. The molecule has 4 nitrogen and oxygen atoms in total. The molecule has 2 heterocycles. The molecule has 0 aliphatic rings. The van der Waals surface area contributed by atoms with Gasteiger partial charge in [-0.2, -0.15) is 5.10 Å². The average Bonchev–Trinajstić information content (AvgIpc) is 2.90. The zero-order valence-electron chi connectivity index (χ0n) is 12.1. The van der Waals surface area contributed by atoms with E-state index in [0.29, 0.717) is 6.61 Å². The van der Waals surface area contributed by atoms with Crippen LogP contribution in [0, 0.1) is 6.92 Å². The second-order valence-corrected chi connectivity index (χ2v) is 4.77. The molecule has 0 saturated heterocycles. The van der Waals surface area contributed by atoms with Crippen molar-refractivity contribution in [1.82, 2.24) is 15.2 Å². The summed E-state index contributed by atoms with van der Waals surface area (Å²) < 4.78 is 5.57. The quantitative estimate of drug-likeness (QED) is 0.789. The van der Waals surface area contributed by atoms with Gasteiger partial charge in [0, 0.05) is 29.2 Å². The average molecular weight is 279 g/mol. The molecule has 0 aliphatic heterocycles. The van der Waals surface area contributed by atoms with Crippen LogP contribution >= 0.6 is 0 Å². The minimum atomic E-state index is 0.653. The smallest absolute Gasteiger partial charge is 0.119 e. The van der Waals surface area contributed by atoms with E-state index in [1.165, 1.54) is 0 Å². The molecule has 21 heavy (non-hydrogen) atoms. The van der Waals surface area contributed by atoms with Gasteiger partial charge in [0.2, 0.25) is 0 Å². The number of aromatic nitrogens is 3. The normalized spacial score (nSPS) is 10.6. The number of nitrogens with zero attached hydrogens (tertiary/aromatic N) is 2. The number of aryl methyl sites for hydroxylation is 1. The van der Waals surface area contributed by atoms with Crippen molar-refractivity contribution in [3.05, 3.63) is 54.5 Å². The molecule has 0 radical (unpaired) electrons. The molecular formula is C17H17N3O. The van der Waals surface area contributed by atoms with E-state index in [2.05, 4.69) is 15.2 Å². The largest absolute Gasteiger partial charge is 0.494 e. The summed E-state index contributed by atoms with van der Waals surface area (Å²) in [6.07, 6.45) is 3.59. The van der Waals surface area contributed by atoms with E-state index in [1.807, 2.05) is 50.2 Å². The molecule has 4 heteroatoms. The Labute approximate surface area is 123 Å². The highest BCUT2D eigenvalue weighted by molar-refractivity contribution is 5.82. The summed E-state index contributed by atoms with van der Waals surface area (Å²) in [6.45, 7) is 4.66. The van der Waals surface area contributed by atoms with E-state index in [-0.39, 0.29) is 0 Å². The van der Waals surface area contributed by atoms with Gasteiger partial charge < -0.3 is 4.74 Å². The standard InChI is InChI=1S/C17H17N3O/c1-3-21-15-6-4-5-14(11-15)17-16(12(2)19-20-17)13-7-9-18-10-8-13/h4-11H,3H2,1-2H3,(H,19,20). The summed E-state index contributed by atoms with van der Waals surface area (Å²) in [5.74, 6) is 0.858. The molecule has 3 rings (SSSR count). The van der Waals surface area contributed by atoms with Crippen molar-refractivity contribution in [3.8, 4) is 28.1 Å². The Balaban J connectivity index is 2.10. The van der Waals surface area contributed by atoms with E-state index in [4.69, 9.17) is 4.74 Å². The van der Waals surface area contributed by atoms with Crippen molar-refractivity contribution >= 4 is 0 Å². The lowest BCUT2D eigenvalue weighted by atomic mass is 10.00. The number of rotatable bonds is 4. The van der Waals surface area contributed by atoms with Crippen LogP contribution < -0.4 is 4.74 Å². The number of pyridine rings is 1. The van der Waals surface area contributed by atoms with Gasteiger partial charge in [-0.1, -0.05) is 12.1 Å². The first-order valence-corrected chi connectivity index (χ1v) is 6.98. The predicted octanol–water partition coefficient (Wildman–Crippen LogP) is 3.85. The number of aromatic amines is 1. The molecule has 3 aromatic rings. The topological polar surface area (TPSA) is 50.8 Å². The van der Waals surface area contributed by atoms with Crippen LogP contribution in [-0.4, -0.2) is 21.8 Å². The molecule has 0 atom stereocenters. The zero-order valence-corrected chi connectivity index (χ0v) is 12.1. The van der Waals surface area contributed by atoms with Crippen LogP contribution in [0.1, 0.15) is 12.6 Å². The first kappa shape index (κ1) is 13.4. The van der Waals surface area contributed by atoms with Crippen LogP contribution in [0.3, 0.4) is 0 Å². The maximum atomic E-state index is 5.57. The maximum absolute atomic E-state index is 5.57. The monoisotopic (exact) mass is 279 g/mol. The summed E-state index contributed by atoms with van der Waals surface area (Å²) >= 11 is 0. The third-order valence-corrected chi connectivity index (χ3v) is 3.33. The fourth-order valence-electron chi connectivity index (χ4n) is 2.41.